The van der Waals surface area contributed by atoms with Gasteiger partial charge in [-0.25, -0.2) is 14.3 Å². The van der Waals surface area contributed by atoms with Crippen LogP contribution in [-0.4, -0.2) is 44.9 Å². The molecule has 2 aliphatic heterocycles. The van der Waals surface area contributed by atoms with Crippen molar-refractivity contribution >= 4 is 17.1 Å². The van der Waals surface area contributed by atoms with Crippen LogP contribution in [-0.2, 0) is 24.9 Å². The monoisotopic (exact) mass is 473 g/mol. The lowest BCUT2D eigenvalue weighted by molar-refractivity contribution is 0.0535. The molecule has 0 radical (unpaired) electrons. The third-order valence-electron chi connectivity index (χ3n) is 7.30. The average Bonchev–Trinajstić information content (AvgIpc) is 3.53. The molecule has 0 amide bonds. The summed E-state index contributed by atoms with van der Waals surface area (Å²) in [4.78, 5) is 26.2. The van der Waals surface area contributed by atoms with Gasteiger partial charge in [0.15, 0.2) is 5.58 Å². The number of cyclic esters (lactones) is 1. The summed E-state index contributed by atoms with van der Waals surface area (Å²) in [7, 11) is 1.72. The van der Waals surface area contributed by atoms with Crippen LogP contribution in [0.3, 0.4) is 0 Å². The largest absolute Gasteiger partial charge is 0.457 e. The smallest absolute Gasteiger partial charge is 0.419 e. The Hall–Kier alpha value is -3.69. The lowest BCUT2D eigenvalue weighted by Crippen LogP contribution is -2.45. The molecule has 9 heteroatoms. The number of nitrogens with one attached hydrogen (secondary N) is 1. The number of ether oxygens (including phenoxy) is 1. The van der Waals surface area contributed by atoms with E-state index in [1.807, 2.05) is 42.2 Å². The van der Waals surface area contributed by atoms with Crippen LogP contribution in [0.2, 0.25) is 0 Å². The van der Waals surface area contributed by atoms with Gasteiger partial charge < -0.3 is 14.5 Å². The first-order valence-corrected chi connectivity index (χ1v) is 11.8. The molecule has 4 aromatic rings. The first kappa shape index (κ1) is 21.8. The molecule has 0 bridgehead atoms. The van der Waals surface area contributed by atoms with Crippen molar-refractivity contribution in [2.75, 3.05) is 19.6 Å². The quantitative estimate of drug-likeness (QED) is 0.456. The van der Waals surface area contributed by atoms with Gasteiger partial charge in [-0.15, -0.1) is 0 Å². The van der Waals surface area contributed by atoms with E-state index in [4.69, 9.17) is 9.15 Å². The van der Waals surface area contributed by atoms with E-state index in [1.54, 1.807) is 7.05 Å². The maximum atomic E-state index is 11.9. The number of nitrogens with zero attached hydrogens (tertiary/aromatic N) is 4. The second-order valence-electron chi connectivity index (χ2n) is 9.40. The summed E-state index contributed by atoms with van der Waals surface area (Å²) in [6, 6.07) is 7.89. The SMILES string of the molecule is Cc1c(C2CN(Cc3cnn(-c4ccc5oc(=O)n(C)c5c4C)c3)CCN2)ccc2c1COC2=O. The van der Waals surface area contributed by atoms with Crippen LogP contribution < -0.4 is 11.1 Å². The fourth-order valence-corrected chi connectivity index (χ4v) is 5.41. The molecule has 1 N–H and O–H groups in total. The van der Waals surface area contributed by atoms with Crippen LogP contribution in [0.5, 0.6) is 0 Å². The van der Waals surface area contributed by atoms with Crippen LogP contribution in [0, 0.1) is 13.8 Å². The number of carbonyl (C=O) groups is 1. The van der Waals surface area contributed by atoms with Crippen molar-refractivity contribution in [2.24, 2.45) is 7.05 Å². The van der Waals surface area contributed by atoms with Gasteiger partial charge in [0.2, 0.25) is 0 Å². The van der Waals surface area contributed by atoms with Gasteiger partial charge in [0, 0.05) is 62.2 Å². The van der Waals surface area contributed by atoms with E-state index >= 15 is 0 Å². The van der Waals surface area contributed by atoms with Gasteiger partial charge in [0.25, 0.3) is 0 Å². The minimum absolute atomic E-state index is 0.187. The van der Waals surface area contributed by atoms with Gasteiger partial charge in [-0.05, 0) is 43.2 Å². The minimum atomic E-state index is -0.368. The van der Waals surface area contributed by atoms with Crippen LogP contribution in [0.1, 0.15) is 44.2 Å². The zero-order valence-corrected chi connectivity index (χ0v) is 20.0. The minimum Gasteiger partial charge on any atom is -0.457 e. The van der Waals surface area contributed by atoms with Gasteiger partial charge in [0.05, 0.1) is 23.0 Å². The molecule has 1 atom stereocenters. The highest BCUT2D eigenvalue weighted by Gasteiger charge is 2.28. The molecule has 6 rings (SSSR count). The molecule has 2 aromatic carbocycles. The fraction of sp³-hybridized carbons (Fsp3) is 0.346. The zero-order chi connectivity index (χ0) is 24.3. The molecule has 180 valence electrons. The molecule has 4 heterocycles. The van der Waals surface area contributed by atoms with Crippen LogP contribution in [0.15, 0.2) is 45.9 Å². The van der Waals surface area contributed by atoms with Crippen molar-refractivity contribution in [3.63, 3.8) is 0 Å². The number of esters is 1. The second-order valence-corrected chi connectivity index (χ2v) is 9.40. The zero-order valence-electron chi connectivity index (χ0n) is 20.0. The Balaban J connectivity index is 1.21. The van der Waals surface area contributed by atoms with E-state index in [1.165, 1.54) is 10.1 Å². The first-order chi connectivity index (χ1) is 16.9. The number of oxazole rings is 1. The van der Waals surface area contributed by atoms with Crippen LogP contribution >= 0.6 is 0 Å². The number of rotatable bonds is 4. The summed E-state index contributed by atoms with van der Waals surface area (Å²) < 4.78 is 13.9. The summed E-state index contributed by atoms with van der Waals surface area (Å²) in [6.45, 7) is 7.89. The molecule has 0 saturated carbocycles. The van der Waals surface area contributed by atoms with Crippen molar-refractivity contribution in [3.8, 4) is 5.69 Å². The predicted octanol–water partition coefficient (Wildman–Crippen LogP) is 2.75. The average molecular weight is 474 g/mol. The fourth-order valence-electron chi connectivity index (χ4n) is 5.41. The number of aromatic nitrogens is 3. The first-order valence-electron chi connectivity index (χ1n) is 11.8. The van der Waals surface area contributed by atoms with E-state index in [0.29, 0.717) is 17.8 Å². The van der Waals surface area contributed by atoms with Crippen molar-refractivity contribution in [1.29, 1.82) is 0 Å². The number of hydrogen-bond donors (Lipinski definition) is 1. The molecule has 1 saturated heterocycles. The standard InChI is InChI=1S/C26H27N5O4/c1-15-18(4-5-19-20(15)14-34-25(19)32)21-13-30(9-8-27-21)11-17-10-28-31(12-17)22-6-7-23-24(16(22)2)29(3)26(33)35-23/h4-7,10,12,21,27H,8-9,11,13-14H2,1-3H3. The number of piperazine rings is 1. The molecule has 2 aromatic heterocycles. The van der Waals surface area contributed by atoms with Crippen molar-refractivity contribution < 1.29 is 13.9 Å². The molecule has 1 fully saturated rings. The number of aryl methyl sites for hydroxylation is 2. The molecule has 9 nitrogen and oxygen atoms in total. The topological polar surface area (TPSA) is 94.5 Å². The second kappa shape index (κ2) is 8.21. The van der Waals surface area contributed by atoms with E-state index < -0.39 is 0 Å². The summed E-state index contributed by atoms with van der Waals surface area (Å²) in [6.07, 6.45) is 3.95. The Morgan fingerprint density at radius 1 is 1.14 bits per heavy atom. The maximum Gasteiger partial charge on any atom is 0.419 e. The van der Waals surface area contributed by atoms with Gasteiger partial charge in [-0.3, -0.25) is 9.47 Å². The number of fused-ring (bicyclic) bond motifs is 2. The van der Waals surface area contributed by atoms with E-state index in [0.717, 1.165) is 59.6 Å². The molecule has 2 aliphatic rings. The Kier molecular flexibility index (Phi) is 5.12. The van der Waals surface area contributed by atoms with Crippen molar-refractivity contribution in [1.82, 2.24) is 24.6 Å². The highest BCUT2D eigenvalue weighted by molar-refractivity contribution is 5.94. The normalized spacial score (nSPS) is 18.3. The Morgan fingerprint density at radius 3 is 2.86 bits per heavy atom. The summed E-state index contributed by atoms with van der Waals surface area (Å²) in [5, 5.41) is 8.24. The van der Waals surface area contributed by atoms with Gasteiger partial charge >= 0.3 is 11.7 Å². The lowest BCUT2D eigenvalue weighted by atomic mass is 9.93. The van der Waals surface area contributed by atoms with Gasteiger partial charge in [-0.2, -0.15) is 5.10 Å². The van der Waals surface area contributed by atoms with Crippen LogP contribution in [0.25, 0.3) is 16.8 Å². The third-order valence-corrected chi connectivity index (χ3v) is 7.30. The highest BCUT2D eigenvalue weighted by Crippen LogP contribution is 2.30. The Bertz CT molecular complexity index is 1530. The highest BCUT2D eigenvalue weighted by atomic mass is 16.5. The van der Waals surface area contributed by atoms with Gasteiger partial charge in [-0.1, -0.05) is 6.07 Å². The summed E-state index contributed by atoms with van der Waals surface area (Å²) in [5.74, 6) is -0.596. The molecule has 0 aliphatic carbocycles. The molecule has 1 unspecified atom stereocenters. The van der Waals surface area contributed by atoms with E-state index in [2.05, 4.69) is 28.3 Å². The third kappa shape index (κ3) is 3.59. The Labute approximate surface area is 201 Å². The number of carbonyl (C=O) groups excluding carboxylic acids is 1. The van der Waals surface area contributed by atoms with E-state index in [9.17, 15) is 9.59 Å². The van der Waals surface area contributed by atoms with Crippen LogP contribution in [0.4, 0.5) is 0 Å². The Morgan fingerprint density at radius 2 is 2.00 bits per heavy atom. The summed E-state index contributed by atoms with van der Waals surface area (Å²) >= 11 is 0. The lowest BCUT2D eigenvalue weighted by Gasteiger charge is -2.34. The molecular weight excluding hydrogens is 446 g/mol. The molecule has 35 heavy (non-hydrogen) atoms. The van der Waals surface area contributed by atoms with E-state index in [-0.39, 0.29) is 17.8 Å². The number of benzene rings is 2. The summed E-state index contributed by atoms with van der Waals surface area (Å²) in [5.41, 5.74) is 8.41. The maximum absolute atomic E-state index is 11.9. The molecular formula is C26H27N5O4. The number of hydrogen-bond acceptors (Lipinski definition) is 7. The molecule has 0 spiro atoms. The van der Waals surface area contributed by atoms with Crippen molar-refractivity contribution in [2.45, 2.75) is 33.0 Å². The van der Waals surface area contributed by atoms with Gasteiger partial charge in [0.1, 0.15) is 6.61 Å². The van der Waals surface area contributed by atoms with Crippen molar-refractivity contribution in [3.05, 3.63) is 80.6 Å². The predicted molar refractivity (Wildman–Crippen MR) is 130 cm³/mol.